The summed E-state index contributed by atoms with van der Waals surface area (Å²) in [7, 11) is 2.11. The summed E-state index contributed by atoms with van der Waals surface area (Å²) in [5, 5.41) is 3.24. The third-order valence-corrected chi connectivity index (χ3v) is 4.57. The molecule has 2 N–H and O–H groups in total. The molecule has 0 fully saturated rings. The molecule has 0 aliphatic heterocycles. The minimum Gasteiger partial charge on any atom is -0.329 e. The molecule has 0 aliphatic rings. The van der Waals surface area contributed by atoms with Crippen LogP contribution in [0.15, 0.2) is 23.6 Å². The summed E-state index contributed by atoms with van der Waals surface area (Å²) < 4.78 is 0. The molecule has 0 amide bonds. The Hall–Kier alpha value is -1.23. The van der Waals surface area contributed by atoms with Crippen molar-refractivity contribution < 1.29 is 0 Å². The van der Waals surface area contributed by atoms with Crippen LogP contribution >= 0.6 is 11.3 Å². The molecule has 0 aliphatic carbocycles. The fourth-order valence-corrected chi connectivity index (χ4v) is 2.99. The van der Waals surface area contributed by atoms with Crippen LogP contribution in [0.4, 0.5) is 0 Å². The highest BCUT2D eigenvalue weighted by Gasteiger charge is 2.17. The van der Waals surface area contributed by atoms with Crippen molar-refractivity contribution in [3.63, 3.8) is 0 Å². The van der Waals surface area contributed by atoms with Gasteiger partial charge in [-0.05, 0) is 44.5 Å². The molecule has 0 bridgehead atoms. The van der Waals surface area contributed by atoms with Gasteiger partial charge in [-0.15, -0.1) is 11.3 Å². The van der Waals surface area contributed by atoms with Gasteiger partial charge in [0.15, 0.2) is 0 Å². The number of aryl methyl sites for hydroxylation is 3. The highest BCUT2D eigenvalue weighted by Crippen LogP contribution is 2.23. The van der Waals surface area contributed by atoms with Crippen molar-refractivity contribution in [1.82, 2.24) is 9.88 Å². The Balaban J connectivity index is 2.16. The van der Waals surface area contributed by atoms with E-state index < -0.39 is 0 Å². The molecular weight excluding hydrogens is 266 g/mol. The minimum atomic E-state index is 0.233. The summed E-state index contributed by atoms with van der Waals surface area (Å²) in [5.74, 6) is 0. The van der Waals surface area contributed by atoms with Gasteiger partial charge in [0.2, 0.25) is 0 Å². The zero-order valence-corrected chi connectivity index (χ0v) is 13.5. The smallest absolute Gasteiger partial charge is 0.0897 e. The fourth-order valence-electron chi connectivity index (χ4n) is 2.39. The molecule has 1 aromatic carbocycles. The zero-order valence-electron chi connectivity index (χ0n) is 12.7. The van der Waals surface area contributed by atoms with Gasteiger partial charge in [-0.1, -0.05) is 18.2 Å². The summed E-state index contributed by atoms with van der Waals surface area (Å²) in [6.45, 7) is 7.77. The third-order valence-electron chi connectivity index (χ3n) is 3.75. The van der Waals surface area contributed by atoms with E-state index in [1.54, 1.807) is 11.3 Å². The second kappa shape index (κ2) is 6.48. The zero-order chi connectivity index (χ0) is 14.7. The molecule has 108 valence electrons. The number of likely N-dealkylation sites (N-methyl/N-ethyl adjacent to an activating group) is 1. The monoisotopic (exact) mass is 289 g/mol. The molecule has 1 atom stereocenters. The third kappa shape index (κ3) is 3.45. The van der Waals surface area contributed by atoms with E-state index in [1.165, 1.54) is 16.7 Å². The number of rotatable bonds is 5. The van der Waals surface area contributed by atoms with Gasteiger partial charge >= 0.3 is 0 Å². The summed E-state index contributed by atoms with van der Waals surface area (Å²) in [5.41, 5.74) is 11.0. The van der Waals surface area contributed by atoms with Crippen LogP contribution in [0.3, 0.4) is 0 Å². The van der Waals surface area contributed by atoms with Crippen LogP contribution in [0.2, 0.25) is 0 Å². The maximum Gasteiger partial charge on any atom is 0.0897 e. The number of benzene rings is 1. The lowest BCUT2D eigenvalue weighted by atomic mass is 10.00. The Bertz CT molecular complexity index is 577. The van der Waals surface area contributed by atoms with E-state index in [2.05, 4.69) is 54.4 Å². The lowest BCUT2D eigenvalue weighted by Crippen LogP contribution is -2.30. The number of thiazole rings is 1. The number of hydrogen-bond acceptors (Lipinski definition) is 4. The Morgan fingerprint density at radius 1 is 1.25 bits per heavy atom. The van der Waals surface area contributed by atoms with Crippen molar-refractivity contribution in [1.29, 1.82) is 0 Å². The highest BCUT2D eigenvalue weighted by atomic mass is 32.1. The second-order valence-corrected chi connectivity index (χ2v) is 6.43. The largest absolute Gasteiger partial charge is 0.329 e. The first kappa shape index (κ1) is 15.2. The Labute approximate surface area is 125 Å². The van der Waals surface area contributed by atoms with E-state index >= 15 is 0 Å². The molecule has 2 rings (SSSR count). The first-order valence-electron chi connectivity index (χ1n) is 6.89. The number of nitrogens with zero attached hydrogens (tertiary/aromatic N) is 2. The van der Waals surface area contributed by atoms with Crippen LogP contribution in [0, 0.1) is 20.8 Å². The fraction of sp³-hybridized carbons (Fsp3) is 0.438. The van der Waals surface area contributed by atoms with E-state index in [9.17, 15) is 0 Å². The van der Waals surface area contributed by atoms with Crippen molar-refractivity contribution in [2.75, 3.05) is 13.6 Å². The predicted molar refractivity (Wildman–Crippen MR) is 86.0 cm³/mol. The summed E-state index contributed by atoms with van der Waals surface area (Å²) in [4.78, 5) is 6.81. The molecule has 20 heavy (non-hydrogen) atoms. The number of hydrogen-bond donors (Lipinski definition) is 1. The van der Waals surface area contributed by atoms with Gasteiger partial charge in [0.05, 0.1) is 10.7 Å². The summed E-state index contributed by atoms with van der Waals surface area (Å²) >= 11 is 1.70. The molecule has 4 heteroatoms. The van der Waals surface area contributed by atoms with E-state index in [4.69, 9.17) is 5.73 Å². The maximum absolute atomic E-state index is 5.99. The van der Waals surface area contributed by atoms with Gasteiger partial charge in [-0.2, -0.15) is 0 Å². The van der Waals surface area contributed by atoms with Crippen LogP contribution in [-0.4, -0.2) is 23.5 Å². The lowest BCUT2D eigenvalue weighted by Gasteiger charge is -2.27. The molecule has 2 aromatic rings. The highest BCUT2D eigenvalue weighted by molar-refractivity contribution is 7.09. The molecule has 0 radical (unpaired) electrons. The molecule has 0 saturated carbocycles. The lowest BCUT2D eigenvalue weighted by molar-refractivity contribution is 0.239. The quantitative estimate of drug-likeness (QED) is 0.919. The van der Waals surface area contributed by atoms with Crippen LogP contribution < -0.4 is 5.73 Å². The SMILES string of the molecule is Cc1nc(CN(C)C(CN)c2ccc(C)c(C)c2)cs1. The van der Waals surface area contributed by atoms with E-state index in [1.807, 2.05) is 6.92 Å². The second-order valence-electron chi connectivity index (χ2n) is 5.37. The van der Waals surface area contributed by atoms with Crippen LogP contribution in [0.5, 0.6) is 0 Å². The average Bonchev–Trinajstić information content (AvgIpc) is 2.80. The van der Waals surface area contributed by atoms with Gasteiger partial charge in [0, 0.05) is 24.5 Å². The summed E-state index contributed by atoms with van der Waals surface area (Å²) in [6, 6.07) is 6.84. The van der Waals surface area contributed by atoms with Gasteiger partial charge in [-0.3, -0.25) is 4.90 Å². The Kier molecular flexibility index (Phi) is 4.91. The first-order valence-corrected chi connectivity index (χ1v) is 7.77. The van der Waals surface area contributed by atoms with E-state index in [-0.39, 0.29) is 6.04 Å². The molecule has 0 saturated heterocycles. The Morgan fingerprint density at radius 3 is 2.55 bits per heavy atom. The van der Waals surface area contributed by atoms with Crippen LogP contribution in [0.25, 0.3) is 0 Å². The van der Waals surface area contributed by atoms with Crippen molar-refractivity contribution in [2.24, 2.45) is 5.73 Å². The van der Waals surface area contributed by atoms with E-state index in [0.717, 1.165) is 17.2 Å². The average molecular weight is 289 g/mol. The first-order chi connectivity index (χ1) is 9.51. The number of nitrogens with two attached hydrogens (primary N) is 1. The van der Waals surface area contributed by atoms with Crippen molar-refractivity contribution >= 4 is 11.3 Å². The van der Waals surface area contributed by atoms with Crippen LogP contribution in [-0.2, 0) is 6.54 Å². The predicted octanol–water partition coefficient (Wildman–Crippen LogP) is 3.20. The topological polar surface area (TPSA) is 42.2 Å². The van der Waals surface area contributed by atoms with Gasteiger partial charge in [-0.25, -0.2) is 4.98 Å². The van der Waals surface area contributed by atoms with Crippen molar-refractivity contribution in [3.05, 3.63) is 51.0 Å². The minimum absolute atomic E-state index is 0.233. The van der Waals surface area contributed by atoms with Crippen LogP contribution in [0.1, 0.15) is 33.4 Å². The normalized spacial score (nSPS) is 12.9. The van der Waals surface area contributed by atoms with Gasteiger partial charge in [0.1, 0.15) is 0 Å². The summed E-state index contributed by atoms with van der Waals surface area (Å²) in [6.07, 6.45) is 0. The molecule has 0 spiro atoms. The van der Waals surface area contributed by atoms with Gasteiger partial charge < -0.3 is 5.73 Å². The van der Waals surface area contributed by atoms with Crippen molar-refractivity contribution in [2.45, 2.75) is 33.4 Å². The molecular formula is C16H23N3S. The molecule has 1 aromatic heterocycles. The molecule has 1 unspecified atom stereocenters. The molecule has 1 heterocycles. The maximum atomic E-state index is 5.99. The van der Waals surface area contributed by atoms with Gasteiger partial charge in [0.25, 0.3) is 0 Å². The van der Waals surface area contributed by atoms with E-state index in [0.29, 0.717) is 6.54 Å². The standard InChI is InChI=1S/C16H23N3S/c1-11-5-6-14(7-12(11)2)16(8-17)19(4)9-15-10-20-13(3)18-15/h5-7,10,16H,8-9,17H2,1-4H3. The van der Waals surface area contributed by atoms with Crippen molar-refractivity contribution in [3.8, 4) is 0 Å². The molecule has 3 nitrogen and oxygen atoms in total. The Morgan fingerprint density at radius 2 is 2.00 bits per heavy atom. The number of aromatic nitrogens is 1.